The van der Waals surface area contributed by atoms with E-state index in [1.807, 2.05) is 13.8 Å². The van der Waals surface area contributed by atoms with Gasteiger partial charge < -0.3 is 10.1 Å². The summed E-state index contributed by atoms with van der Waals surface area (Å²) in [5.41, 5.74) is -0.308. The monoisotopic (exact) mass is 171 g/mol. The zero-order valence-electron chi connectivity index (χ0n) is 8.18. The van der Waals surface area contributed by atoms with Gasteiger partial charge in [-0.3, -0.25) is 0 Å². The lowest BCUT2D eigenvalue weighted by molar-refractivity contribution is -0.00625. The lowest BCUT2D eigenvalue weighted by Crippen LogP contribution is -2.51. The number of carbonyl (C=O) groups excluding carboxylic acids is 1. The minimum Gasteiger partial charge on any atom is -0.443 e. The molecule has 0 aliphatic carbocycles. The van der Waals surface area contributed by atoms with Gasteiger partial charge in [0.15, 0.2) is 0 Å². The van der Waals surface area contributed by atoms with Crippen LogP contribution in [0.15, 0.2) is 0 Å². The van der Waals surface area contributed by atoms with Crippen molar-refractivity contribution in [2.45, 2.75) is 45.8 Å². The molecule has 12 heavy (non-hydrogen) atoms. The molecule has 0 unspecified atom stereocenters. The molecule has 70 valence electrons. The molecule has 3 heteroatoms. The Morgan fingerprint density at radius 1 is 1.58 bits per heavy atom. The molecular formula is C9H17NO2. The summed E-state index contributed by atoms with van der Waals surface area (Å²) in [6.45, 7) is 8.10. The van der Waals surface area contributed by atoms with Crippen molar-refractivity contribution < 1.29 is 9.53 Å². The topological polar surface area (TPSA) is 38.3 Å². The number of hydrogen-bond acceptors (Lipinski definition) is 2. The summed E-state index contributed by atoms with van der Waals surface area (Å²) < 4.78 is 5.10. The molecule has 0 aromatic rings. The minimum absolute atomic E-state index is 0.251. The smallest absolute Gasteiger partial charge is 0.407 e. The van der Waals surface area contributed by atoms with Crippen molar-refractivity contribution in [2.75, 3.05) is 0 Å². The maximum atomic E-state index is 11.1. The molecule has 1 saturated heterocycles. The zero-order valence-corrected chi connectivity index (χ0v) is 8.18. The van der Waals surface area contributed by atoms with Crippen LogP contribution in [0.1, 0.15) is 34.1 Å². The van der Waals surface area contributed by atoms with Crippen LogP contribution in [0.3, 0.4) is 0 Å². The molecule has 0 radical (unpaired) electrons. The Bertz CT molecular complexity index is 187. The highest BCUT2D eigenvalue weighted by atomic mass is 16.6. The number of hydrogen-bond donors (Lipinski definition) is 1. The molecule has 1 aliphatic rings. The lowest BCUT2D eigenvalue weighted by Gasteiger charge is -2.37. The number of rotatable bonds is 1. The standard InChI is InChI=1S/C9H17NO2/c1-6(2)7-5-9(3,4)12-8(11)10-7/h6-7H,5H2,1-4H3,(H,10,11)/t7-/m1/s1. The third-order valence-corrected chi connectivity index (χ3v) is 2.19. The summed E-state index contributed by atoms with van der Waals surface area (Å²) in [5.74, 6) is 0.470. The fraction of sp³-hybridized carbons (Fsp3) is 0.889. The highest BCUT2D eigenvalue weighted by Gasteiger charge is 2.34. The second kappa shape index (κ2) is 2.96. The van der Waals surface area contributed by atoms with Gasteiger partial charge in [-0.25, -0.2) is 4.79 Å². The molecule has 3 nitrogen and oxygen atoms in total. The number of nitrogens with one attached hydrogen (secondary N) is 1. The molecular weight excluding hydrogens is 154 g/mol. The first-order valence-corrected chi connectivity index (χ1v) is 4.40. The predicted octanol–water partition coefficient (Wildman–Crippen LogP) is 1.92. The van der Waals surface area contributed by atoms with Gasteiger partial charge in [0.1, 0.15) is 5.60 Å². The molecule has 1 amide bonds. The zero-order chi connectivity index (χ0) is 9.35. The normalized spacial score (nSPS) is 28.1. The molecule has 1 aliphatic heterocycles. The number of carbonyl (C=O) groups is 1. The molecule has 1 heterocycles. The maximum absolute atomic E-state index is 11.1. The van der Waals surface area contributed by atoms with E-state index in [1.54, 1.807) is 0 Å². The van der Waals surface area contributed by atoms with Crippen molar-refractivity contribution in [1.82, 2.24) is 5.32 Å². The Hall–Kier alpha value is -0.730. The van der Waals surface area contributed by atoms with Gasteiger partial charge in [0, 0.05) is 12.5 Å². The van der Waals surface area contributed by atoms with Crippen LogP contribution in [0.4, 0.5) is 4.79 Å². The number of alkyl carbamates (subject to hydrolysis) is 1. The average Bonchev–Trinajstić information content (AvgIpc) is 1.82. The van der Waals surface area contributed by atoms with Crippen LogP contribution in [0.25, 0.3) is 0 Å². The Morgan fingerprint density at radius 2 is 2.17 bits per heavy atom. The third-order valence-electron chi connectivity index (χ3n) is 2.19. The Balaban J connectivity index is 2.64. The summed E-state index contributed by atoms with van der Waals surface area (Å²) in [6, 6.07) is 0.251. The maximum Gasteiger partial charge on any atom is 0.407 e. The van der Waals surface area contributed by atoms with Crippen molar-refractivity contribution in [2.24, 2.45) is 5.92 Å². The highest BCUT2D eigenvalue weighted by Crippen LogP contribution is 2.24. The van der Waals surface area contributed by atoms with E-state index >= 15 is 0 Å². The number of amides is 1. The fourth-order valence-electron chi connectivity index (χ4n) is 1.46. The van der Waals surface area contributed by atoms with Gasteiger partial charge >= 0.3 is 6.09 Å². The first kappa shape index (κ1) is 9.36. The van der Waals surface area contributed by atoms with Crippen molar-refractivity contribution in [3.8, 4) is 0 Å². The van der Waals surface area contributed by atoms with E-state index < -0.39 is 0 Å². The van der Waals surface area contributed by atoms with Gasteiger partial charge in [-0.2, -0.15) is 0 Å². The van der Waals surface area contributed by atoms with E-state index in [2.05, 4.69) is 19.2 Å². The molecule has 0 saturated carbocycles. The second-order valence-electron chi connectivity index (χ2n) is 4.35. The summed E-state index contributed by atoms with van der Waals surface area (Å²) >= 11 is 0. The first-order chi connectivity index (χ1) is 5.41. The van der Waals surface area contributed by atoms with Crippen LogP contribution in [0.2, 0.25) is 0 Å². The van der Waals surface area contributed by atoms with Gasteiger partial charge in [0.2, 0.25) is 0 Å². The van der Waals surface area contributed by atoms with Crippen molar-refractivity contribution >= 4 is 6.09 Å². The van der Waals surface area contributed by atoms with Crippen LogP contribution in [-0.2, 0) is 4.74 Å². The first-order valence-electron chi connectivity index (χ1n) is 4.40. The van der Waals surface area contributed by atoms with Gasteiger partial charge in [-0.05, 0) is 19.8 Å². The van der Waals surface area contributed by atoms with Crippen LogP contribution in [-0.4, -0.2) is 17.7 Å². The number of ether oxygens (including phenoxy) is 1. The van der Waals surface area contributed by atoms with Crippen LogP contribution >= 0.6 is 0 Å². The quantitative estimate of drug-likeness (QED) is 0.654. The lowest BCUT2D eigenvalue weighted by atomic mass is 9.90. The fourth-order valence-corrected chi connectivity index (χ4v) is 1.46. The molecule has 1 atom stereocenters. The Labute approximate surface area is 73.5 Å². The Kier molecular flexibility index (Phi) is 2.31. The van der Waals surface area contributed by atoms with Crippen molar-refractivity contribution in [3.05, 3.63) is 0 Å². The van der Waals surface area contributed by atoms with Crippen LogP contribution in [0.5, 0.6) is 0 Å². The van der Waals surface area contributed by atoms with Gasteiger partial charge in [0.05, 0.1) is 0 Å². The van der Waals surface area contributed by atoms with E-state index in [-0.39, 0.29) is 17.7 Å². The molecule has 1 fully saturated rings. The summed E-state index contributed by atoms with van der Waals surface area (Å²) in [7, 11) is 0. The summed E-state index contributed by atoms with van der Waals surface area (Å²) in [6.07, 6.45) is 0.598. The van der Waals surface area contributed by atoms with Gasteiger partial charge in [-0.15, -0.1) is 0 Å². The molecule has 1 N–H and O–H groups in total. The van der Waals surface area contributed by atoms with Gasteiger partial charge in [0.25, 0.3) is 0 Å². The third kappa shape index (κ3) is 2.13. The van der Waals surface area contributed by atoms with E-state index in [1.165, 1.54) is 0 Å². The molecule has 1 rings (SSSR count). The highest BCUT2D eigenvalue weighted by molar-refractivity contribution is 5.69. The SMILES string of the molecule is CC(C)[C@H]1CC(C)(C)OC(=O)N1. The number of cyclic esters (lactones) is 1. The van der Waals surface area contributed by atoms with Crippen LogP contribution < -0.4 is 5.32 Å². The minimum atomic E-state index is -0.308. The van der Waals surface area contributed by atoms with Crippen LogP contribution in [0, 0.1) is 5.92 Å². The molecule has 0 aromatic heterocycles. The molecule has 0 spiro atoms. The Morgan fingerprint density at radius 3 is 2.58 bits per heavy atom. The van der Waals surface area contributed by atoms with E-state index in [9.17, 15) is 4.79 Å². The van der Waals surface area contributed by atoms with Gasteiger partial charge in [-0.1, -0.05) is 13.8 Å². The van der Waals surface area contributed by atoms with E-state index in [0.717, 1.165) is 6.42 Å². The van der Waals surface area contributed by atoms with E-state index in [0.29, 0.717) is 5.92 Å². The summed E-state index contributed by atoms with van der Waals surface area (Å²) in [5, 5.41) is 2.81. The molecule has 0 bridgehead atoms. The second-order valence-corrected chi connectivity index (χ2v) is 4.35. The molecule has 0 aromatic carbocycles. The largest absolute Gasteiger partial charge is 0.443 e. The summed E-state index contributed by atoms with van der Waals surface area (Å²) in [4.78, 5) is 11.1. The van der Waals surface area contributed by atoms with Crippen molar-refractivity contribution in [3.63, 3.8) is 0 Å². The van der Waals surface area contributed by atoms with E-state index in [4.69, 9.17) is 4.74 Å². The van der Waals surface area contributed by atoms with Crippen molar-refractivity contribution in [1.29, 1.82) is 0 Å². The average molecular weight is 171 g/mol. The predicted molar refractivity (Wildman–Crippen MR) is 46.9 cm³/mol.